The van der Waals surface area contributed by atoms with Gasteiger partial charge in [-0.05, 0) is 65.9 Å². The zero-order valence-electron chi connectivity index (χ0n) is 24.2. The molecule has 4 N–H and O–H groups in total. The highest BCUT2D eigenvalue weighted by molar-refractivity contribution is 7.90. The molecule has 228 valence electrons. The zero-order valence-corrected chi connectivity index (χ0v) is 25.0. The number of hydrogen-bond acceptors (Lipinski definition) is 8. The van der Waals surface area contributed by atoms with Crippen LogP contribution >= 0.6 is 0 Å². The summed E-state index contributed by atoms with van der Waals surface area (Å²) in [4.78, 5) is 37.2. The van der Waals surface area contributed by atoms with Gasteiger partial charge in [0.25, 0.3) is 21.8 Å². The van der Waals surface area contributed by atoms with Crippen molar-refractivity contribution in [3.63, 3.8) is 0 Å². The maximum atomic E-state index is 13.6. The average Bonchev–Trinajstić information content (AvgIpc) is 3.44. The third-order valence-electron chi connectivity index (χ3n) is 6.77. The molecule has 1 atom stereocenters. The number of benzene rings is 3. The third-order valence-corrected chi connectivity index (χ3v) is 8.14. The Morgan fingerprint density at radius 3 is 2.33 bits per heavy atom. The number of carbonyl (C=O) groups excluding carboxylic acids is 3. The Bertz CT molecular complexity index is 1600. The second-order valence-corrected chi connectivity index (χ2v) is 12.0. The molecule has 0 fully saturated rings. The van der Waals surface area contributed by atoms with Gasteiger partial charge in [-0.25, -0.2) is 13.1 Å². The third kappa shape index (κ3) is 7.83. The van der Waals surface area contributed by atoms with Gasteiger partial charge in [0.15, 0.2) is 11.5 Å². The molecule has 0 saturated carbocycles. The smallest absolute Gasteiger partial charge is 0.279 e. The van der Waals surface area contributed by atoms with Crippen molar-refractivity contribution in [2.45, 2.75) is 57.0 Å². The molecule has 11 nitrogen and oxygen atoms in total. The van der Waals surface area contributed by atoms with Gasteiger partial charge in [0.05, 0.1) is 4.90 Å². The molecule has 0 spiro atoms. The van der Waals surface area contributed by atoms with Gasteiger partial charge < -0.3 is 25.3 Å². The number of amides is 3. The van der Waals surface area contributed by atoms with Crippen LogP contribution in [0.5, 0.6) is 17.2 Å². The lowest BCUT2D eigenvalue weighted by molar-refractivity contribution is -0.126. The van der Waals surface area contributed by atoms with Crippen molar-refractivity contribution in [2.75, 3.05) is 13.3 Å². The van der Waals surface area contributed by atoms with Crippen molar-refractivity contribution in [1.29, 1.82) is 0 Å². The van der Waals surface area contributed by atoms with Gasteiger partial charge in [0.1, 0.15) is 5.75 Å². The van der Waals surface area contributed by atoms with Crippen LogP contribution in [0.2, 0.25) is 0 Å². The Balaban J connectivity index is 1.64. The van der Waals surface area contributed by atoms with E-state index in [1.807, 2.05) is 20.8 Å². The van der Waals surface area contributed by atoms with Gasteiger partial charge >= 0.3 is 0 Å². The predicted molar refractivity (Wildman–Crippen MR) is 158 cm³/mol. The van der Waals surface area contributed by atoms with E-state index in [0.717, 1.165) is 5.56 Å². The summed E-state index contributed by atoms with van der Waals surface area (Å²) in [6.45, 7) is 6.04. The van der Waals surface area contributed by atoms with Crippen LogP contribution < -0.4 is 30.0 Å². The minimum atomic E-state index is -4.23. The van der Waals surface area contributed by atoms with Gasteiger partial charge in [-0.2, -0.15) is 0 Å². The van der Waals surface area contributed by atoms with Gasteiger partial charge in [-0.15, -0.1) is 0 Å². The average molecular weight is 610 g/mol. The number of nitrogens with one attached hydrogen (secondary N) is 2. The lowest BCUT2D eigenvalue weighted by atomic mass is 10.0. The first-order valence-electron chi connectivity index (χ1n) is 13.9. The lowest BCUT2D eigenvalue weighted by Crippen LogP contribution is -2.37. The van der Waals surface area contributed by atoms with Crippen LogP contribution in [0.15, 0.2) is 65.6 Å². The molecule has 3 amide bonds. The Kier molecular flexibility index (Phi) is 9.92. The number of sulfonamides is 1. The van der Waals surface area contributed by atoms with Gasteiger partial charge in [-0.1, -0.05) is 45.4 Å². The van der Waals surface area contributed by atoms with E-state index in [1.165, 1.54) is 18.2 Å². The van der Waals surface area contributed by atoms with Crippen molar-refractivity contribution in [3.05, 3.63) is 82.9 Å². The van der Waals surface area contributed by atoms with E-state index in [-0.39, 0.29) is 30.6 Å². The summed E-state index contributed by atoms with van der Waals surface area (Å²) < 4.78 is 45.6. The molecule has 0 saturated heterocycles. The second kappa shape index (κ2) is 13.6. The van der Waals surface area contributed by atoms with Gasteiger partial charge in [0.2, 0.25) is 18.8 Å². The van der Waals surface area contributed by atoms with Crippen LogP contribution in [0.25, 0.3) is 0 Å². The fourth-order valence-corrected chi connectivity index (χ4v) is 5.44. The molecule has 43 heavy (non-hydrogen) atoms. The predicted octanol–water partition coefficient (Wildman–Crippen LogP) is 3.72. The monoisotopic (exact) mass is 609 g/mol. The minimum Gasteiger partial charge on any atom is -0.475 e. The Labute approximate surface area is 250 Å². The summed E-state index contributed by atoms with van der Waals surface area (Å²) in [7, 11) is -4.23. The molecule has 4 rings (SSSR count). The lowest BCUT2D eigenvalue weighted by Gasteiger charge is -2.22. The maximum absolute atomic E-state index is 13.6. The highest BCUT2D eigenvalue weighted by atomic mass is 32.2. The summed E-state index contributed by atoms with van der Waals surface area (Å²) in [6.07, 6.45) is -0.185. The van der Waals surface area contributed by atoms with E-state index >= 15 is 0 Å². The summed E-state index contributed by atoms with van der Waals surface area (Å²) in [5.74, 6) is -0.459. The molecule has 1 heterocycles. The number of hydrogen-bond donors (Lipinski definition) is 3. The molecule has 0 aromatic heterocycles. The topological polar surface area (TPSA) is 163 Å². The van der Waals surface area contributed by atoms with Crippen molar-refractivity contribution in [2.24, 2.45) is 5.73 Å². The second-order valence-electron chi connectivity index (χ2n) is 10.3. The van der Waals surface area contributed by atoms with Crippen LogP contribution in [-0.2, 0) is 26.0 Å². The quantitative estimate of drug-likeness (QED) is 0.264. The Morgan fingerprint density at radius 1 is 0.953 bits per heavy atom. The van der Waals surface area contributed by atoms with Crippen LogP contribution in [-0.4, -0.2) is 39.5 Å². The van der Waals surface area contributed by atoms with Crippen LogP contribution in [0, 0.1) is 0 Å². The molecule has 0 radical (unpaired) electrons. The number of carbonyl (C=O) groups is 3. The molecule has 0 aliphatic carbocycles. The molecule has 12 heteroatoms. The number of nitrogens with two attached hydrogens (primary N) is 1. The molecule has 1 unspecified atom stereocenters. The summed E-state index contributed by atoms with van der Waals surface area (Å²) in [6, 6.07) is 15.8. The number of aryl methyl sites for hydroxylation is 1. The van der Waals surface area contributed by atoms with Gasteiger partial charge in [0, 0.05) is 24.1 Å². The molecular weight excluding hydrogens is 574 g/mol. The number of primary amides is 1. The van der Waals surface area contributed by atoms with Crippen molar-refractivity contribution in [1.82, 2.24) is 10.0 Å². The summed E-state index contributed by atoms with van der Waals surface area (Å²) in [5.41, 5.74) is 7.41. The van der Waals surface area contributed by atoms with E-state index in [2.05, 4.69) is 10.0 Å². The highest BCUT2D eigenvalue weighted by Gasteiger charge is 2.30. The summed E-state index contributed by atoms with van der Waals surface area (Å²) >= 11 is 0. The van der Waals surface area contributed by atoms with Crippen LogP contribution in [0.3, 0.4) is 0 Å². The molecule has 0 bridgehead atoms. The minimum absolute atomic E-state index is 0.00581. The standard InChI is InChI=1S/C31H35N3O8S/c1-4-5-21-16-23(30(36)33-15-14-28(32)35)9-12-25(21)42-29(22-8-13-26-27(17-22)41-18-40-26)31(37)34-43(38,39)24-10-6-20(7-11-24)19(2)3/h6-13,16-17,19,29H,4-5,14-15,18H2,1-3H3,(H2,32,35)(H,33,36)(H,34,37). The molecule has 1 aliphatic heterocycles. The fourth-order valence-electron chi connectivity index (χ4n) is 4.45. The fraction of sp³-hybridized carbons (Fsp3) is 0.323. The van der Waals surface area contributed by atoms with Crippen LogP contribution in [0.1, 0.15) is 72.7 Å². The zero-order chi connectivity index (χ0) is 31.1. The molecule has 1 aliphatic rings. The SMILES string of the molecule is CCCc1cc(C(=O)NCCC(N)=O)ccc1OC(C(=O)NS(=O)(=O)c1ccc(C(C)C)cc1)c1ccc2c(c1)OCO2. The van der Waals surface area contributed by atoms with E-state index < -0.39 is 33.8 Å². The first kappa shape index (κ1) is 31.4. The van der Waals surface area contributed by atoms with Crippen molar-refractivity contribution >= 4 is 27.7 Å². The number of rotatable bonds is 13. The normalized spacial score (nSPS) is 12.9. The van der Waals surface area contributed by atoms with E-state index in [9.17, 15) is 22.8 Å². The largest absolute Gasteiger partial charge is 0.475 e. The first-order valence-corrected chi connectivity index (χ1v) is 15.4. The maximum Gasteiger partial charge on any atom is 0.279 e. The Hall–Kier alpha value is -4.58. The molecular formula is C31H35N3O8S. The highest BCUT2D eigenvalue weighted by Crippen LogP contribution is 2.36. The first-order chi connectivity index (χ1) is 20.5. The summed E-state index contributed by atoms with van der Waals surface area (Å²) in [5, 5.41) is 2.64. The molecule has 3 aromatic rings. The van der Waals surface area contributed by atoms with E-state index in [4.69, 9.17) is 19.9 Å². The number of ether oxygens (including phenoxy) is 3. The van der Waals surface area contributed by atoms with E-state index in [0.29, 0.717) is 46.8 Å². The molecule has 3 aromatic carbocycles. The van der Waals surface area contributed by atoms with Crippen molar-refractivity contribution in [3.8, 4) is 17.2 Å². The van der Waals surface area contributed by atoms with Crippen molar-refractivity contribution < 1.29 is 37.0 Å². The van der Waals surface area contributed by atoms with E-state index in [1.54, 1.807) is 42.5 Å². The van der Waals surface area contributed by atoms with Gasteiger partial charge in [-0.3, -0.25) is 14.4 Å². The Morgan fingerprint density at radius 2 is 1.65 bits per heavy atom. The number of fused-ring (bicyclic) bond motifs is 1. The van der Waals surface area contributed by atoms with Crippen LogP contribution in [0.4, 0.5) is 0 Å².